The van der Waals surface area contributed by atoms with Gasteiger partial charge in [-0.05, 0) is 36.2 Å². The quantitative estimate of drug-likeness (QED) is 0.209. The summed E-state index contributed by atoms with van der Waals surface area (Å²) in [6.07, 6.45) is 2.69. The van der Waals surface area contributed by atoms with Crippen molar-refractivity contribution in [3.8, 4) is 0 Å². The molecule has 4 rings (SSSR count). The van der Waals surface area contributed by atoms with Crippen LogP contribution in [0.5, 0.6) is 0 Å². The second-order valence-electron chi connectivity index (χ2n) is 7.84. The molecule has 0 fully saturated rings. The van der Waals surface area contributed by atoms with Crippen molar-refractivity contribution in [3.63, 3.8) is 0 Å². The highest BCUT2D eigenvalue weighted by Crippen LogP contribution is 2.27. The molecule has 0 unspecified atom stereocenters. The number of aromatic nitrogens is 1. The molecule has 3 aromatic carbocycles. The first-order valence-corrected chi connectivity index (χ1v) is 11.9. The largest absolute Gasteiger partial charge is 0.384 e. The number of rotatable bonds is 8. The van der Waals surface area contributed by atoms with Crippen LogP contribution in [0.4, 0.5) is 5.69 Å². The lowest BCUT2D eigenvalue weighted by Crippen LogP contribution is -2.12. The molecule has 0 amide bonds. The minimum atomic E-state index is -3.70. The first-order valence-electron chi connectivity index (χ1n) is 10.4. The van der Waals surface area contributed by atoms with Crippen LogP contribution in [0, 0.1) is 5.41 Å². The topological polar surface area (TPSA) is 118 Å². The molecule has 0 aliphatic rings. The molecule has 0 aliphatic heterocycles. The third-order valence-corrected chi connectivity index (χ3v) is 6.90. The monoisotopic (exact) mass is 460 g/mol. The Morgan fingerprint density at radius 3 is 2.39 bits per heavy atom. The molecule has 8 heteroatoms. The van der Waals surface area contributed by atoms with Gasteiger partial charge in [0.25, 0.3) is 10.0 Å². The number of hydrogen-bond acceptors (Lipinski definition) is 4. The average molecular weight is 461 g/mol. The van der Waals surface area contributed by atoms with Crippen molar-refractivity contribution >= 4 is 38.2 Å². The number of carbonyl (C=O) groups is 1. The average Bonchev–Trinajstić information content (AvgIpc) is 3.14. The van der Waals surface area contributed by atoms with Gasteiger partial charge in [0.1, 0.15) is 5.84 Å². The summed E-state index contributed by atoms with van der Waals surface area (Å²) in [4.78, 5) is 13.1. The normalized spacial score (nSPS) is 11.4. The molecule has 0 saturated heterocycles. The summed E-state index contributed by atoms with van der Waals surface area (Å²) >= 11 is 0. The third-order valence-electron chi connectivity index (χ3n) is 5.50. The number of nitrogen functional groups attached to an aromatic ring is 1. The van der Waals surface area contributed by atoms with E-state index < -0.39 is 10.0 Å². The number of nitrogens with zero attached hydrogens (tertiary/aromatic N) is 1. The number of amidine groups is 1. The van der Waals surface area contributed by atoms with E-state index in [9.17, 15) is 13.2 Å². The standard InChI is InChI=1S/C25H24N4O3S/c1-29-16-22(24(30)14-9-17-7-10-18(11-8-17)25(26)27)21-13-12-19(15-23(21)29)28-33(31,32)20-5-3-2-4-6-20/h2-8,10-13,15-16,28H,9,14H2,1H3,(H3,26,27). The van der Waals surface area contributed by atoms with Crippen molar-refractivity contribution in [1.82, 2.24) is 4.57 Å². The highest BCUT2D eigenvalue weighted by molar-refractivity contribution is 7.92. The van der Waals surface area contributed by atoms with E-state index in [1.165, 1.54) is 12.1 Å². The lowest BCUT2D eigenvalue weighted by molar-refractivity contribution is 0.0984. The molecule has 0 bridgehead atoms. The maximum absolute atomic E-state index is 12.9. The summed E-state index contributed by atoms with van der Waals surface area (Å²) in [6.45, 7) is 0. The van der Waals surface area contributed by atoms with Gasteiger partial charge in [0.15, 0.2) is 5.78 Å². The molecule has 0 spiro atoms. The van der Waals surface area contributed by atoms with Gasteiger partial charge in [0.2, 0.25) is 0 Å². The fourth-order valence-corrected chi connectivity index (χ4v) is 4.80. The van der Waals surface area contributed by atoms with Gasteiger partial charge in [-0.2, -0.15) is 0 Å². The van der Waals surface area contributed by atoms with Crippen LogP contribution in [0.15, 0.2) is 83.9 Å². The van der Waals surface area contributed by atoms with Crippen LogP contribution >= 0.6 is 0 Å². The zero-order valence-electron chi connectivity index (χ0n) is 18.1. The van der Waals surface area contributed by atoms with E-state index in [0.717, 1.165) is 16.5 Å². The molecule has 1 heterocycles. The Hall–Kier alpha value is -3.91. The van der Waals surface area contributed by atoms with Crippen molar-refractivity contribution < 1.29 is 13.2 Å². The number of fused-ring (bicyclic) bond motifs is 1. The molecule has 0 atom stereocenters. The maximum atomic E-state index is 12.9. The number of aryl methyl sites for hydroxylation is 2. The minimum Gasteiger partial charge on any atom is -0.384 e. The summed E-state index contributed by atoms with van der Waals surface area (Å²) in [5.41, 5.74) is 8.91. The Labute approximate surface area is 192 Å². The van der Waals surface area contributed by atoms with E-state index in [-0.39, 0.29) is 16.5 Å². The second-order valence-corrected chi connectivity index (χ2v) is 9.52. The first kappa shape index (κ1) is 22.3. The van der Waals surface area contributed by atoms with Gasteiger partial charge in [0.05, 0.1) is 16.1 Å². The van der Waals surface area contributed by atoms with E-state index in [1.54, 1.807) is 54.7 Å². The predicted molar refractivity (Wildman–Crippen MR) is 130 cm³/mol. The lowest BCUT2D eigenvalue weighted by Gasteiger charge is -2.09. The minimum absolute atomic E-state index is 0.00820. The summed E-state index contributed by atoms with van der Waals surface area (Å²) in [5, 5.41) is 8.23. The van der Waals surface area contributed by atoms with Gasteiger partial charge in [-0.15, -0.1) is 0 Å². The Morgan fingerprint density at radius 2 is 1.73 bits per heavy atom. The van der Waals surface area contributed by atoms with Crippen molar-refractivity contribution in [2.75, 3.05) is 4.72 Å². The van der Waals surface area contributed by atoms with Crippen LogP contribution in [0.1, 0.15) is 27.9 Å². The Morgan fingerprint density at radius 1 is 1.03 bits per heavy atom. The fraction of sp³-hybridized carbons (Fsp3) is 0.120. The van der Waals surface area contributed by atoms with Crippen LogP contribution in [0.3, 0.4) is 0 Å². The number of ketones is 1. The molecule has 7 nitrogen and oxygen atoms in total. The number of anilines is 1. The summed E-state index contributed by atoms with van der Waals surface area (Å²) < 4.78 is 29.7. The SMILES string of the molecule is Cn1cc(C(=O)CCc2ccc(C(=N)N)cc2)c2ccc(NS(=O)(=O)c3ccccc3)cc21. The molecular formula is C25H24N4O3S. The van der Waals surface area contributed by atoms with E-state index in [1.807, 2.05) is 23.7 Å². The van der Waals surface area contributed by atoms with E-state index in [2.05, 4.69) is 4.72 Å². The molecule has 0 aliphatic carbocycles. The van der Waals surface area contributed by atoms with Gasteiger partial charge < -0.3 is 10.3 Å². The van der Waals surface area contributed by atoms with Gasteiger partial charge >= 0.3 is 0 Å². The predicted octanol–water partition coefficient (Wildman–Crippen LogP) is 4.08. The molecule has 4 N–H and O–H groups in total. The van der Waals surface area contributed by atoms with Crippen molar-refractivity contribution in [2.45, 2.75) is 17.7 Å². The number of Topliss-reactive ketones (excluding diaryl/α,β-unsaturated/α-hetero) is 1. The molecule has 168 valence electrons. The molecule has 4 aromatic rings. The molecule has 33 heavy (non-hydrogen) atoms. The van der Waals surface area contributed by atoms with Crippen LogP contribution in [-0.2, 0) is 23.5 Å². The van der Waals surface area contributed by atoms with Crippen LogP contribution in [-0.4, -0.2) is 24.6 Å². The third kappa shape index (κ3) is 4.80. The zero-order chi connectivity index (χ0) is 23.6. The van der Waals surface area contributed by atoms with Crippen LogP contribution in [0.2, 0.25) is 0 Å². The lowest BCUT2D eigenvalue weighted by atomic mass is 10.0. The number of nitrogens with two attached hydrogens (primary N) is 1. The number of nitrogens with one attached hydrogen (secondary N) is 2. The fourth-order valence-electron chi connectivity index (χ4n) is 3.73. The summed E-state index contributed by atoms with van der Waals surface area (Å²) in [6, 6.07) is 20.6. The highest BCUT2D eigenvalue weighted by Gasteiger charge is 2.17. The molecule has 1 aromatic heterocycles. The number of sulfonamides is 1. The van der Waals surface area contributed by atoms with Gasteiger partial charge in [0, 0.05) is 36.2 Å². The maximum Gasteiger partial charge on any atom is 0.261 e. The van der Waals surface area contributed by atoms with E-state index in [0.29, 0.717) is 29.7 Å². The summed E-state index contributed by atoms with van der Waals surface area (Å²) in [5.74, 6) is 0.0210. The van der Waals surface area contributed by atoms with Crippen molar-refractivity contribution in [3.05, 3.63) is 95.7 Å². The Kier molecular flexibility index (Phi) is 6.02. The Bertz CT molecular complexity index is 1440. The Balaban J connectivity index is 1.52. The molecular weight excluding hydrogens is 436 g/mol. The van der Waals surface area contributed by atoms with E-state index in [4.69, 9.17) is 11.1 Å². The molecule has 0 radical (unpaired) electrons. The number of carbonyl (C=O) groups excluding carboxylic acids is 1. The van der Waals surface area contributed by atoms with Gasteiger partial charge in [-0.1, -0.05) is 48.5 Å². The van der Waals surface area contributed by atoms with Gasteiger partial charge in [-0.3, -0.25) is 14.9 Å². The van der Waals surface area contributed by atoms with E-state index >= 15 is 0 Å². The zero-order valence-corrected chi connectivity index (χ0v) is 18.9. The van der Waals surface area contributed by atoms with Crippen LogP contribution in [0.25, 0.3) is 10.9 Å². The van der Waals surface area contributed by atoms with Crippen molar-refractivity contribution in [1.29, 1.82) is 5.41 Å². The highest BCUT2D eigenvalue weighted by atomic mass is 32.2. The smallest absolute Gasteiger partial charge is 0.261 e. The van der Waals surface area contributed by atoms with Crippen molar-refractivity contribution in [2.24, 2.45) is 12.8 Å². The molecule has 0 saturated carbocycles. The van der Waals surface area contributed by atoms with Gasteiger partial charge in [-0.25, -0.2) is 8.42 Å². The first-order chi connectivity index (χ1) is 15.7. The van der Waals surface area contributed by atoms with Crippen LogP contribution < -0.4 is 10.5 Å². The number of benzene rings is 3. The second kappa shape index (κ2) is 8.91. The number of hydrogen-bond donors (Lipinski definition) is 3. The summed E-state index contributed by atoms with van der Waals surface area (Å²) in [7, 11) is -1.87.